The highest BCUT2D eigenvalue weighted by molar-refractivity contribution is 7.08. The number of hydrogen-bond acceptors (Lipinski definition) is 6. The quantitative estimate of drug-likeness (QED) is 0.688. The first-order valence-electron chi connectivity index (χ1n) is 9.23. The third-order valence-corrected chi connectivity index (χ3v) is 5.28. The van der Waals surface area contributed by atoms with Crippen LogP contribution in [0, 0.1) is 0 Å². The average molecular weight is 396 g/mol. The fourth-order valence-electron chi connectivity index (χ4n) is 3.14. The number of amides is 2. The molecule has 3 aromatic rings. The van der Waals surface area contributed by atoms with Crippen LogP contribution in [0.25, 0.3) is 11.4 Å². The number of nitrogens with one attached hydrogen (secondary N) is 1. The van der Waals surface area contributed by atoms with E-state index in [-0.39, 0.29) is 18.2 Å². The van der Waals surface area contributed by atoms with Crippen molar-refractivity contribution >= 4 is 28.8 Å². The summed E-state index contributed by atoms with van der Waals surface area (Å²) in [5.41, 5.74) is 2.11. The van der Waals surface area contributed by atoms with Crippen LogP contribution in [0.15, 0.2) is 45.6 Å². The number of aromatic nitrogens is 2. The van der Waals surface area contributed by atoms with Crippen molar-refractivity contribution in [3.05, 3.63) is 52.5 Å². The molecular formula is C20H20N4O3S. The number of carbonyl (C=O) groups is 2. The third-order valence-electron chi connectivity index (χ3n) is 4.60. The van der Waals surface area contributed by atoms with Crippen molar-refractivity contribution in [1.29, 1.82) is 0 Å². The number of likely N-dealkylation sites (tertiary alicyclic amines) is 1. The molecule has 4 rings (SSSR count). The van der Waals surface area contributed by atoms with Crippen LogP contribution >= 0.6 is 11.3 Å². The largest absolute Gasteiger partial charge is 0.339 e. The van der Waals surface area contributed by atoms with Crippen LogP contribution in [0.5, 0.6) is 0 Å². The molecule has 0 unspecified atom stereocenters. The summed E-state index contributed by atoms with van der Waals surface area (Å²) in [6, 6.07) is 8.98. The molecule has 0 radical (unpaired) electrons. The number of nitrogens with zero attached hydrogens (tertiary/aromatic N) is 3. The van der Waals surface area contributed by atoms with Gasteiger partial charge in [-0.15, -0.1) is 0 Å². The summed E-state index contributed by atoms with van der Waals surface area (Å²) in [6.07, 6.45) is 2.67. The molecule has 144 valence electrons. The van der Waals surface area contributed by atoms with Crippen molar-refractivity contribution in [3.8, 4) is 11.4 Å². The van der Waals surface area contributed by atoms with Gasteiger partial charge < -0.3 is 14.7 Å². The summed E-state index contributed by atoms with van der Waals surface area (Å²) in [5, 5.41) is 10.7. The number of aryl methyl sites for hydroxylation is 1. The topological polar surface area (TPSA) is 88.3 Å². The normalized spacial score (nSPS) is 13.6. The fraction of sp³-hybridized carbons (Fsp3) is 0.300. The van der Waals surface area contributed by atoms with Gasteiger partial charge in [0.15, 0.2) is 0 Å². The van der Waals surface area contributed by atoms with Crippen molar-refractivity contribution in [3.63, 3.8) is 0 Å². The molecule has 0 spiro atoms. The molecule has 7 nitrogen and oxygen atoms in total. The van der Waals surface area contributed by atoms with E-state index in [1.807, 2.05) is 21.7 Å². The molecule has 1 aliphatic rings. The van der Waals surface area contributed by atoms with Gasteiger partial charge in [0.1, 0.15) is 0 Å². The van der Waals surface area contributed by atoms with Crippen molar-refractivity contribution in [1.82, 2.24) is 15.0 Å². The molecule has 2 amide bonds. The van der Waals surface area contributed by atoms with Gasteiger partial charge in [-0.3, -0.25) is 9.59 Å². The van der Waals surface area contributed by atoms with Gasteiger partial charge in [-0.2, -0.15) is 16.3 Å². The maximum atomic E-state index is 12.5. The predicted octanol–water partition coefficient (Wildman–Crippen LogP) is 3.61. The van der Waals surface area contributed by atoms with E-state index in [1.54, 1.807) is 35.6 Å². The van der Waals surface area contributed by atoms with Crippen molar-refractivity contribution < 1.29 is 14.1 Å². The van der Waals surface area contributed by atoms with Crippen LogP contribution in [-0.2, 0) is 11.2 Å². The molecule has 2 aromatic heterocycles. The molecule has 1 aliphatic heterocycles. The molecule has 28 heavy (non-hydrogen) atoms. The average Bonchev–Trinajstić information content (AvgIpc) is 3.48. The number of thiophene rings is 1. The lowest BCUT2D eigenvalue weighted by Crippen LogP contribution is -2.27. The lowest BCUT2D eigenvalue weighted by atomic mass is 10.1. The van der Waals surface area contributed by atoms with Gasteiger partial charge in [0, 0.05) is 48.1 Å². The highest BCUT2D eigenvalue weighted by Gasteiger charge is 2.19. The van der Waals surface area contributed by atoms with Crippen molar-refractivity contribution in [2.75, 3.05) is 18.4 Å². The van der Waals surface area contributed by atoms with E-state index in [0.717, 1.165) is 31.5 Å². The van der Waals surface area contributed by atoms with Crippen molar-refractivity contribution in [2.24, 2.45) is 0 Å². The third kappa shape index (κ3) is 4.28. The number of anilines is 1. The molecule has 1 fully saturated rings. The number of hydrogen-bond donors (Lipinski definition) is 1. The van der Waals surface area contributed by atoms with Gasteiger partial charge in [0.05, 0.1) is 0 Å². The zero-order valence-corrected chi connectivity index (χ0v) is 16.1. The maximum absolute atomic E-state index is 12.5. The Morgan fingerprint density at radius 2 is 2.07 bits per heavy atom. The minimum absolute atomic E-state index is 0.0143. The molecule has 1 aromatic carbocycles. The molecule has 0 saturated carbocycles. The van der Waals surface area contributed by atoms with Gasteiger partial charge in [-0.1, -0.05) is 11.2 Å². The summed E-state index contributed by atoms with van der Waals surface area (Å²) in [5.74, 6) is 0.806. The van der Waals surface area contributed by atoms with Crippen LogP contribution in [-0.4, -0.2) is 39.9 Å². The number of carbonyl (C=O) groups excluding carboxylic acids is 2. The van der Waals surface area contributed by atoms with E-state index in [1.165, 1.54) is 0 Å². The fourth-order valence-corrected chi connectivity index (χ4v) is 3.78. The molecular weight excluding hydrogens is 376 g/mol. The standard InChI is InChI=1S/C20H20N4O3S/c25-17(6-7-18-22-19(23-27-18)15-8-11-28-13-15)21-16-5-3-4-14(12-16)20(26)24-9-1-2-10-24/h3-5,8,11-13H,1-2,6-7,9-10H2,(H,21,25). The van der Waals surface area contributed by atoms with Crippen LogP contribution in [0.3, 0.4) is 0 Å². The maximum Gasteiger partial charge on any atom is 0.253 e. The molecule has 1 N–H and O–H groups in total. The zero-order chi connectivity index (χ0) is 19.3. The van der Waals surface area contributed by atoms with Crippen LogP contribution in [0.2, 0.25) is 0 Å². The first kappa shape index (κ1) is 18.4. The Hall–Kier alpha value is -3.00. The smallest absolute Gasteiger partial charge is 0.253 e. The van der Waals surface area contributed by atoms with E-state index in [2.05, 4.69) is 15.5 Å². The molecule has 0 aliphatic carbocycles. The van der Waals surface area contributed by atoms with Crippen LogP contribution in [0.1, 0.15) is 35.5 Å². The molecule has 8 heteroatoms. The Labute approximate surface area is 166 Å². The summed E-state index contributed by atoms with van der Waals surface area (Å²) in [7, 11) is 0. The Bertz CT molecular complexity index is 962. The lowest BCUT2D eigenvalue weighted by Gasteiger charge is -2.15. The Morgan fingerprint density at radius 1 is 1.21 bits per heavy atom. The zero-order valence-electron chi connectivity index (χ0n) is 15.3. The highest BCUT2D eigenvalue weighted by Crippen LogP contribution is 2.19. The lowest BCUT2D eigenvalue weighted by molar-refractivity contribution is -0.116. The summed E-state index contributed by atoms with van der Waals surface area (Å²) in [6.45, 7) is 1.60. The SMILES string of the molecule is O=C(CCc1nc(-c2ccsc2)no1)Nc1cccc(C(=O)N2CCCC2)c1. The Balaban J connectivity index is 1.32. The van der Waals surface area contributed by atoms with E-state index >= 15 is 0 Å². The number of rotatable bonds is 6. The first-order valence-corrected chi connectivity index (χ1v) is 10.2. The first-order chi connectivity index (χ1) is 13.7. The second-order valence-electron chi connectivity index (χ2n) is 6.65. The molecule has 0 atom stereocenters. The van der Waals surface area contributed by atoms with Gasteiger partial charge in [0.2, 0.25) is 17.6 Å². The Morgan fingerprint density at radius 3 is 2.86 bits per heavy atom. The van der Waals surface area contributed by atoms with E-state index < -0.39 is 0 Å². The monoisotopic (exact) mass is 396 g/mol. The van der Waals surface area contributed by atoms with Gasteiger partial charge in [-0.25, -0.2) is 0 Å². The molecule has 1 saturated heterocycles. The predicted molar refractivity (Wildman–Crippen MR) is 106 cm³/mol. The molecule has 3 heterocycles. The summed E-state index contributed by atoms with van der Waals surface area (Å²) >= 11 is 1.56. The van der Waals surface area contributed by atoms with Gasteiger partial charge in [-0.05, 0) is 42.5 Å². The number of benzene rings is 1. The van der Waals surface area contributed by atoms with Gasteiger partial charge >= 0.3 is 0 Å². The molecule has 0 bridgehead atoms. The second kappa shape index (κ2) is 8.35. The Kier molecular flexibility index (Phi) is 5.48. The summed E-state index contributed by atoms with van der Waals surface area (Å²) in [4.78, 5) is 30.9. The second-order valence-corrected chi connectivity index (χ2v) is 7.43. The van der Waals surface area contributed by atoms with E-state index in [9.17, 15) is 9.59 Å². The highest BCUT2D eigenvalue weighted by atomic mass is 32.1. The van der Waals surface area contributed by atoms with E-state index in [4.69, 9.17) is 4.52 Å². The summed E-state index contributed by atoms with van der Waals surface area (Å²) < 4.78 is 5.21. The van der Waals surface area contributed by atoms with Crippen LogP contribution in [0.4, 0.5) is 5.69 Å². The minimum Gasteiger partial charge on any atom is -0.339 e. The van der Waals surface area contributed by atoms with E-state index in [0.29, 0.717) is 29.4 Å². The van der Waals surface area contributed by atoms with Gasteiger partial charge in [0.25, 0.3) is 5.91 Å². The minimum atomic E-state index is -0.166. The van der Waals surface area contributed by atoms with Crippen LogP contribution < -0.4 is 5.32 Å². The van der Waals surface area contributed by atoms with Crippen molar-refractivity contribution in [2.45, 2.75) is 25.7 Å².